The van der Waals surface area contributed by atoms with Gasteiger partial charge in [0.05, 0.1) is 6.10 Å². The highest BCUT2D eigenvalue weighted by molar-refractivity contribution is 5.95. The van der Waals surface area contributed by atoms with Crippen LogP contribution in [0.1, 0.15) is 37.8 Å². The van der Waals surface area contributed by atoms with E-state index >= 15 is 0 Å². The predicted octanol–water partition coefficient (Wildman–Crippen LogP) is 2.85. The first-order chi connectivity index (χ1) is 7.54. The normalized spacial score (nSPS) is 12.2. The molecule has 1 rings (SSSR count). The summed E-state index contributed by atoms with van der Waals surface area (Å²) in [6.45, 7) is 6.19. The Morgan fingerprint density at radius 2 is 2.19 bits per heavy atom. The molecular weight excluding hydrogens is 200 g/mol. The molecule has 3 nitrogen and oxygen atoms in total. The van der Waals surface area contributed by atoms with Gasteiger partial charge in [-0.15, -0.1) is 0 Å². The summed E-state index contributed by atoms with van der Waals surface area (Å²) in [4.78, 5) is 0. The lowest BCUT2D eigenvalue weighted by Crippen LogP contribution is -2.14. The molecule has 0 heterocycles. The van der Waals surface area contributed by atoms with Gasteiger partial charge in [0.15, 0.2) is 0 Å². The largest absolute Gasteiger partial charge is 0.490 e. The first kappa shape index (κ1) is 12.6. The summed E-state index contributed by atoms with van der Waals surface area (Å²) in [6, 6.07) is 5.61. The summed E-state index contributed by atoms with van der Waals surface area (Å²) in [5, 5.41) is 7.39. The molecule has 0 radical (unpaired) electrons. The van der Waals surface area contributed by atoms with E-state index in [1.807, 2.05) is 25.1 Å². The molecule has 0 amide bonds. The van der Waals surface area contributed by atoms with Gasteiger partial charge in [0.25, 0.3) is 0 Å². The second kappa shape index (κ2) is 5.54. The van der Waals surface area contributed by atoms with E-state index < -0.39 is 0 Å². The molecule has 0 saturated heterocycles. The molecule has 1 aromatic rings. The average Bonchev–Trinajstić information content (AvgIpc) is 2.21. The minimum Gasteiger partial charge on any atom is -0.490 e. The second-order valence-electron chi connectivity index (χ2n) is 4.11. The third-order valence-electron chi connectivity index (χ3n) is 2.52. The van der Waals surface area contributed by atoms with Crippen LogP contribution in [0.15, 0.2) is 18.2 Å². The van der Waals surface area contributed by atoms with Gasteiger partial charge in [0.2, 0.25) is 0 Å². The zero-order chi connectivity index (χ0) is 12.1. The molecule has 1 atom stereocenters. The van der Waals surface area contributed by atoms with Crippen LogP contribution < -0.4 is 10.5 Å². The number of aryl methyl sites for hydroxylation is 1. The van der Waals surface area contributed by atoms with Crippen molar-refractivity contribution in [3.05, 3.63) is 29.3 Å². The Kier molecular flexibility index (Phi) is 4.35. The fourth-order valence-corrected chi connectivity index (χ4v) is 1.58. The van der Waals surface area contributed by atoms with Gasteiger partial charge >= 0.3 is 0 Å². The van der Waals surface area contributed by atoms with E-state index in [-0.39, 0.29) is 11.9 Å². The maximum absolute atomic E-state index is 7.39. The molecule has 0 bridgehead atoms. The topological polar surface area (TPSA) is 59.1 Å². The van der Waals surface area contributed by atoms with Gasteiger partial charge in [0.1, 0.15) is 11.6 Å². The number of hydrogen-bond donors (Lipinski definition) is 2. The quantitative estimate of drug-likeness (QED) is 0.592. The van der Waals surface area contributed by atoms with Crippen molar-refractivity contribution in [2.75, 3.05) is 0 Å². The molecule has 3 heteroatoms. The molecule has 88 valence electrons. The Morgan fingerprint density at radius 1 is 1.50 bits per heavy atom. The van der Waals surface area contributed by atoms with E-state index in [1.54, 1.807) is 0 Å². The van der Waals surface area contributed by atoms with Gasteiger partial charge in [0, 0.05) is 5.56 Å². The van der Waals surface area contributed by atoms with Crippen molar-refractivity contribution in [1.29, 1.82) is 5.41 Å². The molecule has 16 heavy (non-hydrogen) atoms. The molecule has 0 aliphatic rings. The van der Waals surface area contributed by atoms with Crippen molar-refractivity contribution < 1.29 is 4.74 Å². The lowest BCUT2D eigenvalue weighted by atomic mass is 10.1. The summed E-state index contributed by atoms with van der Waals surface area (Å²) < 4.78 is 5.82. The molecule has 0 aromatic heterocycles. The standard InChI is InChI=1S/C13H20N2O/c1-4-5-10(3)16-12-8-11(13(14)15)7-6-9(12)2/h6-8,10H,4-5H2,1-3H3,(H3,14,15). The zero-order valence-corrected chi connectivity index (χ0v) is 10.2. The minimum absolute atomic E-state index is 0.0768. The van der Waals surface area contributed by atoms with Crippen molar-refractivity contribution in [3.63, 3.8) is 0 Å². The van der Waals surface area contributed by atoms with Crippen LogP contribution in [0, 0.1) is 12.3 Å². The van der Waals surface area contributed by atoms with Gasteiger partial charge in [-0.1, -0.05) is 25.5 Å². The first-order valence-corrected chi connectivity index (χ1v) is 5.66. The smallest absolute Gasteiger partial charge is 0.123 e. The number of hydrogen-bond acceptors (Lipinski definition) is 2. The Bertz CT molecular complexity index is 374. The van der Waals surface area contributed by atoms with Crippen LogP contribution in [0.3, 0.4) is 0 Å². The SMILES string of the molecule is CCCC(C)Oc1cc(C(=N)N)ccc1C. The maximum Gasteiger partial charge on any atom is 0.123 e. The molecule has 0 aliphatic carbocycles. The second-order valence-corrected chi connectivity index (χ2v) is 4.11. The summed E-state index contributed by atoms with van der Waals surface area (Å²) in [5.74, 6) is 0.904. The van der Waals surface area contributed by atoms with Crippen molar-refractivity contribution in [2.24, 2.45) is 5.73 Å². The lowest BCUT2D eigenvalue weighted by Gasteiger charge is -2.16. The number of benzene rings is 1. The fourth-order valence-electron chi connectivity index (χ4n) is 1.58. The van der Waals surface area contributed by atoms with Crippen molar-refractivity contribution in [1.82, 2.24) is 0 Å². The van der Waals surface area contributed by atoms with Crippen molar-refractivity contribution in [3.8, 4) is 5.75 Å². The molecule has 0 aliphatic heterocycles. The molecule has 0 spiro atoms. The van der Waals surface area contributed by atoms with Crippen molar-refractivity contribution in [2.45, 2.75) is 39.7 Å². The number of nitrogens with two attached hydrogens (primary N) is 1. The van der Waals surface area contributed by atoms with E-state index in [9.17, 15) is 0 Å². The summed E-state index contributed by atoms with van der Waals surface area (Å²) in [6.07, 6.45) is 2.34. The highest BCUT2D eigenvalue weighted by atomic mass is 16.5. The highest BCUT2D eigenvalue weighted by Crippen LogP contribution is 2.21. The Balaban J connectivity index is 2.85. The Morgan fingerprint density at radius 3 is 2.75 bits per heavy atom. The average molecular weight is 220 g/mol. The molecule has 0 fully saturated rings. The van der Waals surface area contributed by atoms with E-state index in [4.69, 9.17) is 15.9 Å². The van der Waals surface area contributed by atoms with Gasteiger partial charge < -0.3 is 10.5 Å². The number of nitrogens with one attached hydrogen (secondary N) is 1. The lowest BCUT2D eigenvalue weighted by molar-refractivity contribution is 0.208. The van der Waals surface area contributed by atoms with Crippen LogP contribution in [0.2, 0.25) is 0 Å². The van der Waals surface area contributed by atoms with Crippen molar-refractivity contribution >= 4 is 5.84 Å². The monoisotopic (exact) mass is 220 g/mol. The summed E-state index contributed by atoms with van der Waals surface area (Å²) >= 11 is 0. The molecule has 3 N–H and O–H groups in total. The van der Waals surface area contributed by atoms with E-state index in [0.29, 0.717) is 5.56 Å². The number of amidine groups is 1. The number of rotatable bonds is 5. The van der Waals surface area contributed by atoms with E-state index in [2.05, 4.69) is 13.8 Å². The molecule has 0 saturated carbocycles. The maximum atomic E-state index is 7.39. The van der Waals surface area contributed by atoms with Gasteiger partial charge in [-0.05, 0) is 31.9 Å². The third-order valence-corrected chi connectivity index (χ3v) is 2.52. The van der Waals surface area contributed by atoms with Gasteiger partial charge in [-0.25, -0.2) is 0 Å². The fraction of sp³-hybridized carbons (Fsp3) is 0.462. The number of nitrogen functional groups attached to an aromatic ring is 1. The van der Waals surface area contributed by atoms with Crippen LogP contribution in [-0.4, -0.2) is 11.9 Å². The highest BCUT2D eigenvalue weighted by Gasteiger charge is 2.07. The first-order valence-electron chi connectivity index (χ1n) is 5.66. The third kappa shape index (κ3) is 3.26. The Hall–Kier alpha value is -1.51. The van der Waals surface area contributed by atoms with Gasteiger partial charge in [-0.2, -0.15) is 0 Å². The van der Waals surface area contributed by atoms with Crippen LogP contribution in [0.4, 0.5) is 0 Å². The Labute approximate surface area is 97.1 Å². The van der Waals surface area contributed by atoms with E-state index in [1.165, 1.54) is 0 Å². The van der Waals surface area contributed by atoms with Crippen LogP contribution in [0.25, 0.3) is 0 Å². The molecular formula is C13H20N2O. The minimum atomic E-state index is 0.0768. The number of ether oxygens (including phenoxy) is 1. The predicted molar refractivity (Wildman–Crippen MR) is 67.2 cm³/mol. The van der Waals surface area contributed by atoms with Gasteiger partial charge in [-0.3, -0.25) is 5.41 Å². The van der Waals surface area contributed by atoms with Crippen LogP contribution in [0.5, 0.6) is 5.75 Å². The van der Waals surface area contributed by atoms with Crippen LogP contribution >= 0.6 is 0 Å². The summed E-state index contributed by atoms with van der Waals surface area (Å²) in [7, 11) is 0. The van der Waals surface area contributed by atoms with Crippen LogP contribution in [-0.2, 0) is 0 Å². The zero-order valence-electron chi connectivity index (χ0n) is 10.2. The molecule has 1 unspecified atom stereocenters. The summed E-state index contributed by atoms with van der Waals surface area (Å²) in [5.41, 5.74) is 7.24. The molecule has 1 aromatic carbocycles. The van der Waals surface area contributed by atoms with E-state index in [0.717, 1.165) is 24.2 Å².